The highest BCUT2D eigenvalue weighted by Crippen LogP contribution is 1.86. The van der Waals surface area contributed by atoms with Crippen molar-refractivity contribution < 1.29 is 0 Å². The van der Waals surface area contributed by atoms with Crippen LogP contribution in [-0.4, -0.2) is 0 Å². The molecule has 0 unspecified atom stereocenters. The number of allylic oxidation sites excluding steroid dienone is 3. The second kappa shape index (κ2) is 5.48. The topological polar surface area (TPSA) is 0 Å². The molecule has 0 saturated heterocycles. The summed E-state index contributed by atoms with van der Waals surface area (Å²) in [6, 6.07) is 0. The Balaban J connectivity index is 2.92. The van der Waals surface area contributed by atoms with Gasteiger partial charge in [0.1, 0.15) is 0 Å². The minimum absolute atomic E-state index is 1.13. The molecule has 0 nitrogen and oxygen atoms in total. The number of unbranched alkanes of at least 4 members (excludes halogenated alkanes) is 1. The predicted molar refractivity (Wildman–Crippen MR) is 32.9 cm³/mol. The Labute approximate surface area is 45.5 Å². The molecule has 0 amide bonds. The van der Waals surface area contributed by atoms with Crippen molar-refractivity contribution in [2.24, 2.45) is 0 Å². The fourth-order valence-corrected chi connectivity index (χ4v) is 0.341. The maximum Gasteiger partial charge on any atom is -0.0350 e. The fourth-order valence-electron chi connectivity index (χ4n) is 0.341. The van der Waals surface area contributed by atoms with Crippen molar-refractivity contribution in [3.63, 3.8) is 0 Å². The third-order valence-corrected chi connectivity index (χ3v) is 0.703. The summed E-state index contributed by atoms with van der Waals surface area (Å²) in [5.41, 5.74) is 0. The molecule has 0 fully saturated rings. The standard InChI is InChI=1S/C7H11/c1-3-5-7-6-4-2/h1,3,5,7H,4,6H2,2H3/b3-1?,7-5+. The van der Waals surface area contributed by atoms with Crippen LogP contribution in [0.2, 0.25) is 0 Å². The summed E-state index contributed by atoms with van der Waals surface area (Å²) < 4.78 is 0. The molecule has 0 aromatic heterocycles. The zero-order valence-corrected chi connectivity index (χ0v) is 4.72. The average Bonchev–Trinajstić information content (AvgIpc) is 1.69. The first-order valence-corrected chi connectivity index (χ1v) is 2.62. The van der Waals surface area contributed by atoms with Crippen molar-refractivity contribution in [3.05, 3.63) is 24.8 Å². The van der Waals surface area contributed by atoms with Crippen LogP contribution in [0.3, 0.4) is 0 Å². The molecule has 7 heavy (non-hydrogen) atoms. The highest BCUT2D eigenvalue weighted by molar-refractivity contribution is 4.94. The van der Waals surface area contributed by atoms with Crippen LogP contribution in [0.1, 0.15) is 19.8 Å². The molecule has 0 saturated carbocycles. The summed E-state index contributed by atoms with van der Waals surface area (Å²) in [5, 5.41) is 0. The van der Waals surface area contributed by atoms with Crippen molar-refractivity contribution in [3.8, 4) is 0 Å². The van der Waals surface area contributed by atoms with Gasteiger partial charge in [-0.3, -0.25) is 0 Å². The minimum Gasteiger partial charge on any atom is -0.0845 e. The third-order valence-electron chi connectivity index (χ3n) is 0.703. The lowest BCUT2D eigenvalue weighted by molar-refractivity contribution is 0.959. The molecule has 1 radical (unpaired) electrons. The quantitative estimate of drug-likeness (QED) is 0.472. The molecule has 39 valence electrons. The van der Waals surface area contributed by atoms with Crippen LogP contribution in [0, 0.1) is 6.58 Å². The van der Waals surface area contributed by atoms with Gasteiger partial charge in [-0.1, -0.05) is 38.2 Å². The number of hydrogen-bond donors (Lipinski definition) is 0. The molecule has 0 N–H and O–H groups in total. The Hall–Kier alpha value is -0.520. The van der Waals surface area contributed by atoms with Gasteiger partial charge in [0.15, 0.2) is 0 Å². The van der Waals surface area contributed by atoms with Crippen LogP contribution in [0.15, 0.2) is 18.2 Å². The average molecular weight is 95.2 g/mol. The second-order valence-corrected chi connectivity index (χ2v) is 1.41. The van der Waals surface area contributed by atoms with Gasteiger partial charge in [-0.25, -0.2) is 0 Å². The zero-order valence-electron chi connectivity index (χ0n) is 4.72. The van der Waals surface area contributed by atoms with E-state index in [2.05, 4.69) is 13.0 Å². The van der Waals surface area contributed by atoms with Crippen LogP contribution >= 0.6 is 0 Å². The lowest BCUT2D eigenvalue weighted by Gasteiger charge is -1.77. The second-order valence-electron chi connectivity index (χ2n) is 1.41. The molecule has 0 aromatic rings. The first-order chi connectivity index (χ1) is 3.41. The van der Waals surface area contributed by atoms with E-state index in [0.717, 1.165) is 6.42 Å². The lowest BCUT2D eigenvalue weighted by atomic mass is 10.3. The summed E-state index contributed by atoms with van der Waals surface area (Å²) in [6.07, 6.45) is 7.80. The van der Waals surface area contributed by atoms with Crippen molar-refractivity contribution in [2.75, 3.05) is 0 Å². The molecule has 0 heterocycles. The molecule has 0 rings (SSSR count). The van der Waals surface area contributed by atoms with Crippen LogP contribution in [-0.2, 0) is 0 Å². The van der Waals surface area contributed by atoms with Gasteiger partial charge >= 0.3 is 0 Å². The van der Waals surface area contributed by atoms with Gasteiger partial charge in [0.05, 0.1) is 0 Å². The van der Waals surface area contributed by atoms with Crippen molar-refractivity contribution in [2.45, 2.75) is 19.8 Å². The molecule has 0 aliphatic heterocycles. The molecular formula is C7H11. The van der Waals surface area contributed by atoms with Crippen LogP contribution in [0.25, 0.3) is 0 Å². The van der Waals surface area contributed by atoms with E-state index in [1.165, 1.54) is 6.42 Å². The number of hydrogen-bond acceptors (Lipinski definition) is 0. The third kappa shape index (κ3) is 5.48. The summed E-state index contributed by atoms with van der Waals surface area (Å²) in [4.78, 5) is 0. The Morgan fingerprint density at radius 1 is 1.57 bits per heavy atom. The largest absolute Gasteiger partial charge is 0.0845 e. The molecule has 0 heteroatoms. The van der Waals surface area contributed by atoms with E-state index in [1.807, 2.05) is 6.08 Å². The molecule has 0 aliphatic carbocycles. The first kappa shape index (κ1) is 6.48. The van der Waals surface area contributed by atoms with E-state index in [-0.39, 0.29) is 0 Å². The first-order valence-electron chi connectivity index (χ1n) is 2.62. The normalized spacial score (nSPS) is 9.86. The van der Waals surface area contributed by atoms with E-state index < -0.39 is 0 Å². The Bertz CT molecular complexity index is 60.4. The van der Waals surface area contributed by atoms with E-state index in [4.69, 9.17) is 6.58 Å². The van der Waals surface area contributed by atoms with Gasteiger partial charge in [-0.05, 0) is 6.42 Å². The van der Waals surface area contributed by atoms with Gasteiger partial charge in [0, 0.05) is 0 Å². The zero-order chi connectivity index (χ0) is 5.54. The maximum absolute atomic E-state index is 5.06. The molecule has 0 aromatic carbocycles. The predicted octanol–water partition coefficient (Wildman–Crippen LogP) is 2.33. The highest BCUT2D eigenvalue weighted by atomic mass is 13.7. The van der Waals surface area contributed by atoms with E-state index in [9.17, 15) is 0 Å². The van der Waals surface area contributed by atoms with Gasteiger partial charge in [0.25, 0.3) is 0 Å². The minimum atomic E-state index is 1.13. The van der Waals surface area contributed by atoms with Gasteiger partial charge < -0.3 is 0 Å². The molecule has 0 aliphatic rings. The molecule has 0 bridgehead atoms. The lowest BCUT2D eigenvalue weighted by Crippen LogP contribution is -1.56. The highest BCUT2D eigenvalue weighted by Gasteiger charge is 1.66. The summed E-state index contributed by atoms with van der Waals surface area (Å²) >= 11 is 0. The summed E-state index contributed by atoms with van der Waals surface area (Å²) in [5.74, 6) is 0. The fraction of sp³-hybridized carbons (Fsp3) is 0.429. The summed E-state index contributed by atoms with van der Waals surface area (Å²) in [7, 11) is 0. The monoisotopic (exact) mass is 95.1 g/mol. The van der Waals surface area contributed by atoms with Gasteiger partial charge in [-0.2, -0.15) is 0 Å². The smallest absolute Gasteiger partial charge is 0.0350 e. The van der Waals surface area contributed by atoms with E-state index >= 15 is 0 Å². The van der Waals surface area contributed by atoms with E-state index in [0.29, 0.717) is 0 Å². The van der Waals surface area contributed by atoms with Crippen LogP contribution in [0.5, 0.6) is 0 Å². The molecule has 0 atom stereocenters. The summed E-state index contributed by atoms with van der Waals surface area (Å²) in [6.45, 7) is 7.20. The van der Waals surface area contributed by atoms with Crippen molar-refractivity contribution >= 4 is 0 Å². The Kier molecular flexibility index (Phi) is 5.07. The Morgan fingerprint density at radius 3 is 2.71 bits per heavy atom. The van der Waals surface area contributed by atoms with Crippen molar-refractivity contribution in [1.29, 1.82) is 0 Å². The Morgan fingerprint density at radius 2 is 2.29 bits per heavy atom. The van der Waals surface area contributed by atoms with Gasteiger partial charge in [0.2, 0.25) is 0 Å². The van der Waals surface area contributed by atoms with Gasteiger partial charge in [-0.15, -0.1) is 0 Å². The SMILES string of the molecule is [CH]=C/C=C/CCC. The molecular weight excluding hydrogens is 84.1 g/mol. The van der Waals surface area contributed by atoms with Crippen LogP contribution < -0.4 is 0 Å². The van der Waals surface area contributed by atoms with Crippen molar-refractivity contribution in [1.82, 2.24) is 0 Å². The molecule has 0 spiro atoms. The van der Waals surface area contributed by atoms with E-state index in [1.54, 1.807) is 6.08 Å². The van der Waals surface area contributed by atoms with Crippen LogP contribution in [0.4, 0.5) is 0 Å². The number of rotatable bonds is 3. The maximum atomic E-state index is 5.06.